The number of carbonyl (C=O) groups is 1. The van der Waals surface area contributed by atoms with Crippen molar-refractivity contribution in [3.05, 3.63) is 0 Å². The molecule has 0 saturated heterocycles. The van der Waals surface area contributed by atoms with Crippen molar-refractivity contribution in [3.63, 3.8) is 0 Å². The molecule has 0 saturated carbocycles. The minimum atomic E-state index is -3.33. The first-order valence-corrected chi connectivity index (χ1v) is 7.26. The Kier molecular flexibility index (Phi) is 5.59. The van der Waals surface area contributed by atoms with Crippen molar-refractivity contribution in [2.24, 2.45) is 0 Å². The molecule has 90 valence electrons. The third-order valence-electron chi connectivity index (χ3n) is 2.22. The Labute approximate surface area is 96.5 Å². The zero-order valence-electron chi connectivity index (χ0n) is 9.53. The van der Waals surface area contributed by atoms with Gasteiger partial charge in [0.05, 0.1) is 0 Å². The van der Waals surface area contributed by atoms with Crippen molar-refractivity contribution in [3.8, 4) is 0 Å². The second-order valence-electron chi connectivity index (χ2n) is 3.79. The lowest BCUT2D eigenvalue weighted by molar-refractivity contribution is -0.131. The van der Waals surface area contributed by atoms with E-state index in [1.165, 1.54) is 11.8 Å². The van der Waals surface area contributed by atoms with Crippen LogP contribution in [0.3, 0.4) is 0 Å². The molecule has 0 aromatic heterocycles. The summed E-state index contributed by atoms with van der Waals surface area (Å²) in [6.45, 7) is 5.44. The van der Waals surface area contributed by atoms with Gasteiger partial charge in [0.15, 0.2) is 9.84 Å². The number of amides is 1. The number of carbonyl (C=O) groups excluding carboxylic acids is 1. The highest BCUT2D eigenvalue weighted by molar-refractivity contribution is 7.92. The molecule has 1 amide bonds. The summed E-state index contributed by atoms with van der Waals surface area (Å²) >= 11 is 5.56. The summed E-state index contributed by atoms with van der Waals surface area (Å²) in [5.41, 5.74) is 0. The van der Waals surface area contributed by atoms with E-state index in [1.807, 2.05) is 13.8 Å². The van der Waals surface area contributed by atoms with Gasteiger partial charge in [-0.15, -0.1) is 11.6 Å². The molecule has 0 aliphatic heterocycles. The van der Waals surface area contributed by atoms with E-state index in [2.05, 4.69) is 0 Å². The van der Waals surface area contributed by atoms with Crippen LogP contribution in [0, 0.1) is 0 Å². The van der Waals surface area contributed by atoms with Crippen LogP contribution in [0.2, 0.25) is 0 Å². The lowest BCUT2D eigenvalue weighted by Gasteiger charge is -2.28. The summed E-state index contributed by atoms with van der Waals surface area (Å²) in [6, 6.07) is -0.0413. The quantitative estimate of drug-likeness (QED) is 0.686. The first-order valence-electron chi connectivity index (χ1n) is 4.77. The Morgan fingerprint density at radius 2 is 1.80 bits per heavy atom. The Balaban J connectivity index is 4.79. The van der Waals surface area contributed by atoms with Gasteiger partial charge in [-0.25, -0.2) is 8.42 Å². The van der Waals surface area contributed by atoms with Gasteiger partial charge < -0.3 is 4.90 Å². The number of alkyl halides is 1. The molecule has 1 atom stereocenters. The van der Waals surface area contributed by atoms with Crippen LogP contribution >= 0.6 is 11.6 Å². The first-order chi connectivity index (χ1) is 6.71. The summed E-state index contributed by atoms with van der Waals surface area (Å²) in [6.07, 6.45) is 1.06. The lowest BCUT2D eigenvalue weighted by Crippen LogP contribution is -2.45. The molecule has 0 radical (unpaired) electrons. The molecule has 0 aromatic rings. The van der Waals surface area contributed by atoms with Gasteiger partial charge in [0.2, 0.25) is 5.91 Å². The standard InChI is InChI=1S/C9H18ClNO3S/c1-7(2)11(6-5-10)9(12)8(3)15(4,13)14/h7-8H,5-6H2,1-4H3. The molecule has 0 N–H and O–H groups in total. The molecular formula is C9H18ClNO3S. The maximum atomic E-state index is 11.8. The predicted molar refractivity (Wildman–Crippen MR) is 61.9 cm³/mol. The van der Waals surface area contributed by atoms with Crippen molar-refractivity contribution >= 4 is 27.3 Å². The third kappa shape index (κ3) is 4.38. The fourth-order valence-electron chi connectivity index (χ4n) is 1.13. The minimum absolute atomic E-state index is 0.0413. The molecule has 4 nitrogen and oxygen atoms in total. The average molecular weight is 256 g/mol. The van der Waals surface area contributed by atoms with Crippen LogP contribution in [-0.2, 0) is 14.6 Å². The van der Waals surface area contributed by atoms with Gasteiger partial charge in [-0.3, -0.25) is 4.79 Å². The Bertz CT molecular complexity index is 313. The lowest BCUT2D eigenvalue weighted by atomic mass is 10.3. The maximum absolute atomic E-state index is 11.8. The van der Waals surface area contributed by atoms with E-state index in [-0.39, 0.29) is 11.9 Å². The van der Waals surface area contributed by atoms with E-state index >= 15 is 0 Å². The monoisotopic (exact) mass is 255 g/mol. The van der Waals surface area contributed by atoms with Crippen LogP contribution in [0.1, 0.15) is 20.8 Å². The van der Waals surface area contributed by atoms with E-state index in [0.717, 1.165) is 6.26 Å². The van der Waals surface area contributed by atoms with Crippen LogP contribution in [0.15, 0.2) is 0 Å². The number of hydrogen-bond donors (Lipinski definition) is 0. The summed E-state index contributed by atoms with van der Waals surface area (Å²) in [7, 11) is -3.33. The summed E-state index contributed by atoms with van der Waals surface area (Å²) in [5.74, 6) is -0.0754. The van der Waals surface area contributed by atoms with Gasteiger partial charge in [-0.1, -0.05) is 0 Å². The van der Waals surface area contributed by atoms with Gasteiger partial charge in [0.1, 0.15) is 5.25 Å². The van der Waals surface area contributed by atoms with Crippen LogP contribution in [0.4, 0.5) is 0 Å². The number of nitrogens with zero attached hydrogens (tertiary/aromatic N) is 1. The van der Waals surface area contributed by atoms with Crippen LogP contribution in [-0.4, -0.2) is 49.2 Å². The van der Waals surface area contributed by atoms with Crippen molar-refractivity contribution < 1.29 is 13.2 Å². The zero-order chi connectivity index (χ0) is 12.2. The smallest absolute Gasteiger partial charge is 0.240 e. The molecule has 0 bridgehead atoms. The second-order valence-corrected chi connectivity index (χ2v) is 6.53. The molecule has 1 unspecified atom stereocenters. The van der Waals surface area contributed by atoms with E-state index in [1.54, 1.807) is 0 Å². The van der Waals surface area contributed by atoms with E-state index < -0.39 is 15.1 Å². The van der Waals surface area contributed by atoms with Crippen LogP contribution in [0.25, 0.3) is 0 Å². The Hall–Kier alpha value is -0.290. The minimum Gasteiger partial charge on any atom is -0.338 e. The number of hydrogen-bond acceptors (Lipinski definition) is 3. The van der Waals surface area contributed by atoms with Crippen LogP contribution < -0.4 is 0 Å². The van der Waals surface area contributed by atoms with E-state index in [0.29, 0.717) is 12.4 Å². The fraction of sp³-hybridized carbons (Fsp3) is 0.889. The van der Waals surface area contributed by atoms with Crippen LogP contribution in [0.5, 0.6) is 0 Å². The third-order valence-corrected chi connectivity index (χ3v) is 3.88. The highest BCUT2D eigenvalue weighted by atomic mass is 35.5. The summed E-state index contributed by atoms with van der Waals surface area (Å²) in [4.78, 5) is 13.3. The largest absolute Gasteiger partial charge is 0.338 e. The highest BCUT2D eigenvalue weighted by Crippen LogP contribution is 2.08. The van der Waals surface area contributed by atoms with Crippen molar-refractivity contribution in [2.75, 3.05) is 18.7 Å². The molecule has 6 heteroatoms. The summed E-state index contributed by atoms with van der Waals surface area (Å²) < 4.78 is 22.4. The van der Waals surface area contributed by atoms with E-state index in [4.69, 9.17) is 11.6 Å². The molecule has 0 aliphatic carbocycles. The topological polar surface area (TPSA) is 54.5 Å². The van der Waals surface area contributed by atoms with Gasteiger partial charge in [-0.2, -0.15) is 0 Å². The molecule has 0 heterocycles. The van der Waals surface area contributed by atoms with Crippen molar-refractivity contribution in [2.45, 2.75) is 32.1 Å². The molecular weight excluding hydrogens is 238 g/mol. The molecule has 0 fully saturated rings. The number of rotatable bonds is 5. The highest BCUT2D eigenvalue weighted by Gasteiger charge is 2.29. The van der Waals surface area contributed by atoms with Gasteiger partial charge in [0, 0.05) is 24.7 Å². The van der Waals surface area contributed by atoms with Gasteiger partial charge >= 0.3 is 0 Å². The van der Waals surface area contributed by atoms with E-state index in [9.17, 15) is 13.2 Å². The average Bonchev–Trinajstić information content (AvgIpc) is 2.09. The SMILES string of the molecule is CC(C)N(CCCl)C(=O)C(C)S(C)(=O)=O. The summed E-state index contributed by atoms with van der Waals surface area (Å²) in [5, 5.41) is -0.997. The molecule has 0 aliphatic rings. The van der Waals surface area contributed by atoms with Crippen molar-refractivity contribution in [1.82, 2.24) is 4.90 Å². The molecule has 15 heavy (non-hydrogen) atoms. The number of sulfone groups is 1. The van der Waals surface area contributed by atoms with Gasteiger partial charge in [0.25, 0.3) is 0 Å². The molecule has 0 spiro atoms. The normalized spacial score (nSPS) is 14.0. The Morgan fingerprint density at radius 1 is 1.33 bits per heavy atom. The van der Waals surface area contributed by atoms with Crippen molar-refractivity contribution in [1.29, 1.82) is 0 Å². The predicted octanol–water partition coefficient (Wildman–Crippen LogP) is 0.895. The molecule has 0 aromatic carbocycles. The first kappa shape index (κ1) is 14.7. The zero-order valence-corrected chi connectivity index (χ0v) is 11.1. The number of halogens is 1. The maximum Gasteiger partial charge on any atom is 0.240 e. The Morgan fingerprint density at radius 3 is 2.07 bits per heavy atom. The second kappa shape index (κ2) is 5.70. The fourth-order valence-corrected chi connectivity index (χ4v) is 1.81. The molecule has 0 rings (SSSR count). The van der Waals surface area contributed by atoms with Gasteiger partial charge in [-0.05, 0) is 20.8 Å².